The van der Waals surface area contributed by atoms with Gasteiger partial charge in [0.15, 0.2) is 0 Å². The third-order valence-electron chi connectivity index (χ3n) is 7.79. The van der Waals surface area contributed by atoms with Crippen molar-refractivity contribution in [2.45, 2.75) is 97.2 Å². The molecule has 5 heteroatoms. The molecule has 0 amide bonds. The summed E-state index contributed by atoms with van der Waals surface area (Å²) in [7, 11) is 0. The van der Waals surface area contributed by atoms with E-state index < -0.39 is 5.41 Å². The van der Waals surface area contributed by atoms with Crippen LogP contribution < -0.4 is 9.47 Å². The first kappa shape index (κ1) is 34.7. The summed E-state index contributed by atoms with van der Waals surface area (Å²) in [6.07, 6.45) is 10.1. The topological polar surface area (TPSA) is 44.8 Å². The summed E-state index contributed by atoms with van der Waals surface area (Å²) in [4.78, 5) is 12.7. The van der Waals surface area contributed by atoms with Crippen molar-refractivity contribution >= 4 is 21.9 Å². The monoisotopic (exact) mass is 650 g/mol. The number of unbranched alkanes of at least 4 members (excludes halogenated alkanes) is 6. The van der Waals surface area contributed by atoms with Gasteiger partial charge in [0, 0.05) is 4.83 Å². The standard InChI is InChI=1S/C38H51BrO4/c1-6-9-11-13-25-42-32-20-15-29(16-21-32)31-19-24-34(30-17-22-33(23-18-30)43-26-14-12-10-7-2)35(27-31)36(39)28-38(4,5)37(40)41-8-3/h15-24,27,36H,6-14,25-26,28H2,1-5H3. The summed E-state index contributed by atoms with van der Waals surface area (Å²) in [5.41, 5.74) is 5.00. The normalized spacial score (nSPS) is 12.1. The molecule has 0 aromatic heterocycles. The minimum Gasteiger partial charge on any atom is -0.494 e. The molecule has 4 nitrogen and oxygen atoms in total. The summed E-state index contributed by atoms with van der Waals surface area (Å²) in [5, 5.41) is 0. The molecular formula is C38H51BrO4. The highest BCUT2D eigenvalue weighted by Crippen LogP contribution is 2.43. The lowest BCUT2D eigenvalue weighted by Gasteiger charge is -2.26. The van der Waals surface area contributed by atoms with Gasteiger partial charge in [-0.1, -0.05) is 105 Å². The molecule has 3 aromatic carbocycles. The van der Waals surface area contributed by atoms with Gasteiger partial charge in [-0.2, -0.15) is 0 Å². The van der Waals surface area contributed by atoms with Gasteiger partial charge in [-0.3, -0.25) is 4.79 Å². The molecule has 0 heterocycles. The molecule has 234 valence electrons. The quantitative estimate of drug-likeness (QED) is 0.0735. The van der Waals surface area contributed by atoms with Crippen molar-refractivity contribution in [3.63, 3.8) is 0 Å². The summed E-state index contributed by atoms with van der Waals surface area (Å²) in [5.74, 6) is 1.62. The zero-order chi connectivity index (χ0) is 31.1. The van der Waals surface area contributed by atoms with Crippen LogP contribution in [0.1, 0.15) is 103 Å². The second-order valence-corrected chi connectivity index (χ2v) is 13.1. The molecule has 0 aliphatic carbocycles. The molecule has 3 aromatic rings. The van der Waals surface area contributed by atoms with Gasteiger partial charge < -0.3 is 14.2 Å². The molecule has 0 aliphatic heterocycles. The summed E-state index contributed by atoms with van der Waals surface area (Å²) in [6.45, 7) is 12.1. The summed E-state index contributed by atoms with van der Waals surface area (Å²) >= 11 is 3.97. The Kier molecular flexibility index (Phi) is 14.6. The van der Waals surface area contributed by atoms with E-state index in [1.165, 1.54) is 38.5 Å². The van der Waals surface area contributed by atoms with E-state index in [1.807, 2.05) is 20.8 Å². The number of carbonyl (C=O) groups excluding carboxylic acids is 1. The van der Waals surface area contributed by atoms with Crippen LogP contribution in [-0.2, 0) is 9.53 Å². The van der Waals surface area contributed by atoms with E-state index in [4.69, 9.17) is 14.2 Å². The SMILES string of the molecule is CCCCCCOc1ccc(-c2ccc(-c3ccc(OCCCCCC)cc3)c(C(Br)CC(C)(C)C(=O)OCC)c2)cc1. The van der Waals surface area contributed by atoms with E-state index in [9.17, 15) is 4.79 Å². The van der Waals surface area contributed by atoms with Gasteiger partial charge in [0.05, 0.1) is 25.2 Å². The number of hydrogen-bond donors (Lipinski definition) is 0. The van der Waals surface area contributed by atoms with Crippen LogP contribution in [0.2, 0.25) is 0 Å². The first-order valence-corrected chi connectivity index (χ1v) is 17.1. The van der Waals surface area contributed by atoms with E-state index >= 15 is 0 Å². The number of ether oxygens (including phenoxy) is 3. The molecule has 1 atom stereocenters. The predicted octanol–water partition coefficient (Wildman–Crippen LogP) is 11.4. The lowest BCUT2D eigenvalue weighted by molar-refractivity contribution is -0.153. The van der Waals surface area contributed by atoms with Gasteiger partial charge in [-0.25, -0.2) is 0 Å². The lowest BCUT2D eigenvalue weighted by Crippen LogP contribution is -2.28. The van der Waals surface area contributed by atoms with Crippen LogP contribution in [0.5, 0.6) is 11.5 Å². The Morgan fingerprint density at radius 2 is 1.21 bits per heavy atom. The van der Waals surface area contributed by atoms with Gasteiger partial charge in [0.25, 0.3) is 0 Å². The highest BCUT2D eigenvalue weighted by molar-refractivity contribution is 9.09. The number of hydrogen-bond acceptors (Lipinski definition) is 4. The highest BCUT2D eigenvalue weighted by Gasteiger charge is 2.33. The van der Waals surface area contributed by atoms with Crippen LogP contribution in [0.25, 0.3) is 22.3 Å². The van der Waals surface area contributed by atoms with Crippen molar-refractivity contribution < 1.29 is 19.0 Å². The maximum atomic E-state index is 12.7. The zero-order valence-electron chi connectivity index (χ0n) is 26.9. The fraction of sp³-hybridized carbons (Fsp3) is 0.500. The zero-order valence-corrected chi connectivity index (χ0v) is 28.5. The largest absolute Gasteiger partial charge is 0.494 e. The highest BCUT2D eigenvalue weighted by atomic mass is 79.9. The number of carbonyl (C=O) groups is 1. The van der Waals surface area contributed by atoms with Crippen molar-refractivity contribution in [3.8, 4) is 33.8 Å². The van der Waals surface area contributed by atoms with Gasteiger partial charge in [0.1, 0.15) is 11.5 Å². The van der Waals surface area contributed by atoms with Gasteiger partial charge >= 0.3 is 5.97 Å². The maximum absolute atomic E-state index is 12.7. The van der Waals surface area contributed by atoms with Crippen LogP contribution in [0.4, 0.5) is 0 Å². The van der Waals surface area contributed by atoms with Crippen LogP contribution in [0.15, 0.2) is 66.7 Å². The van der Waals surface area contributed by atoms with Gasteiger partial charge in [0.2, 0.25) is 0 Å². The molecule has 43 heavy (non-hydrogen) atoms. The molecule has 0 spiro atoms. The predicted molar refractivity (Wildman–Crippen MR) is 183 cm³/mol. The minimum absolute atomic E-state index is 0.0536. The van der Waals surface area contributed by atoms with Crippen molar-refractivity contribution in [2.24, 2.45) is 5.41 Å². The first-order valence-electron chi connectivity index (χ1n) is 16.2. The van der Waals surface area contributed by atoms with Gasteiger partial charge in [-0.05, 0) is 98.2 Å². The maximum Gasteiger partial charge on any atom is 0.311 e. The Morgan fingerprint density at radius 3 is 1.72 bits per heavy atom. The second kappa shape index (κ2) is 18.1. The van der Waals surface area contributed by atoms with E-state index in [0.717, 1.165) is 65.4 Å². The van der Waals surface area contributed by atoms with Crippen LogP contribution in [-0.4, -0.2) is 25.8 Å². The second-order valence-electron chi connectivity index (χ2n) is 11.9. The average Bonchev–Trinajstić information content (AvgIpc) is 3.01. The Hall–Kier alpha value is -2.79. The smallest absolute Gasteiger partial charge is 0.311 e. The third-order valence-corrected chi connectivity index (χ3v) is 8.61. The van der Waals surface area contributed by atoms with Gasteiger partial charge in [-0.15, -0.1) is 0 Å². The fourth-order valence-corrected chi connectivity index (χ4v) is 6.33. The number of alkyl halides is 1. The van der Waals surface area contributed by atoms with Crippen molar-refractivity contribution in [1.82, 2.24) is 0 Å². The molecule has 0 N–H and O–H groups in total. The summed E-state index contributed by atoms with van der Waals surface area (Å²) < 4.78 is 17.4. The molecule has 0 bridgehead atoms. The molecule has 1 unspecified atom stereocenters. The minimum atomic E-state index is -0.636. The molecule has 0 saturated carbocycles. The first-order chi connectivity index (χ1) is 20.8. The molecule has 0 radical (unpaired) electrons. The van der Waals surface area contributed by atoms with Crippen LogP contribution in [0, 0.1) is 5.41 Å². The average molecular weight is 652 g/mol. The van der Waals surface area contributed by atoms with E-state index in [1.54, 1.807) is 0 Å². The van der Waals surface area contributed by atoms with Crippen LogP contribution in [0.3, 0.4) is 0 Å². The number of benzene rings is 3. The summed E-state index contributed by atoms with van der Waals surface area (Å²) in [6, 6.07) is 23.3. The fourth-order valence-electron chi connectivity index (χ4n) is 5.14. The van der Waals surface area contributed by atoms with Crippen molar-refractivity contribution in [3.05, 3.63) is 72.3 Å². The molecule has 0 saturated heterocycles. The van der Waals surface area contributed by atoms with E-state index in [0.29, 0.717) is 13.0 Å². The van der Waals surface area contributed by atoms with Crippen LogP contribution >= 0.6 is 15.9 Å². The Bertz CT molecular complexity index is 1230. The third kappa shape index (κ3) is 11.0. The van der Waals surface area contributed by atoms with E-state index in [-0.39, 0.29) is 10.8 Å². The number of esters is 1. The Balaban J connectivity index is 1.84. The van der Waals surface area contributed by atoms with Crippen molar-refractivity contribution in [1.29, 1.82) is 0 Å². The Morgan fingerprint density at radius 1 is 0.698 bits per heavy atom. The number of halogens is 1. The molecular weight excluding hydrogens is 600 g/mol. The molecule has 0 aliphatic rings. The van der Waals surface area contributed by atoms with E-state index in [2.05, 4.69) is 96.5 Å². The number of rotatable bonds is 19. The Labute approximate surface area is 268 Å². The van der Waals surface area contributed by atoms with Crippen molar-refractivity contribution in [2.75, 3.05) is 19.8 Å². The lowest BCUT2D eigenvalue weighted by atomic mass is 9.84. The molecule has 0 fully saturated rings. The molecule has 3 rings (SSSR count).